The van der Waals surface area contributed by atoms with Crippen LogP contribution in [0.1, 0.15) is 19.8 Å². The largest absolute Gasteiger partial charge is 0.265 e. The van der Waals surface area contributed by atoms with Crippen LogP contribution in [-0.4, -0.2) is 11.5 Å². The predicted octanol–water partition coefficient (Wildman–Crippen LogP) is 2.75. The summed E-state index contributed by atoms with van der Waals surface area (Å²) >= 11 is 0. The predicted molar refractivity (Wildman–Crippen MR) is 53.2 cm³/mol. The van der Waals surface area contributed by atoms with E-state index in [1.165, 1.54) is 0 Å². The fourth-order valence-corrected chi connectivity index (χ4v) is 0.672. The molecule has 0 amide bonds. The average molecular weight is 181 g/mol. The third-order valence-electron chi connectivity index (χ3n) is 1.36. The van der Waals surface area contributed by atoms with Gasteiger partial charge in [-0.2, -0.15) is 0 Å². The summed E-state index contributed by atoms with van der Waals surface area (Å²) in [7, 11) is 0. The molecule has 72 valence electrons. The fourth-order valence-electron chi connectivity index (χ4n) is 0.672. The zero-order valence-corrected chi connectivity index (χ0v) is 7.85. The van der Waals surface area contributed by atoms with E-state index in [0.29, 0.717) is 6.42 Å². The molecule has 0 heterocycles. The van der Waals surface area contributed by atoms with E-state index in [-0.39, 0.29) is 11.5 Å². The van der Waals surface area contributed by atoms with Gasteiger partial charge in [0.15, 0.2) is 0 Å². The highest BCUT2D eigenvalue weighted by Gasteiger charge is 1.90. The van der Waals surface area contributed by atoms with Gasteiger partial charge >= 0.3 is 0 Å². The third-order valence-corrected chi connectivity index (χ3v) is 1.36. The number of unbranched alkanes of at least 4 members (excludes halogenated alkanes) is 1. The summed E-state index contributed by atoms with van der Waals surface area (Å²) < 4.78 is 0. The minimum absolute atomic E-state index is 0.122. The smallest absolute Gasteiger partial charge is 0.203 e. The van der Waals surface area contributed by atoms with E-state index in [9.17, 15) is 10.1 Å². The van der Waals surface area contributed by atoms with Gasteiger partial charge in [0.1, 0.15) is 0 Å². The van der Waals surface area contributed by atoms with E-state index in [4.69, 9.17) is 0 Å². The second-order valence-electron chi connectivity index (χ2n) is 2.56. The molecule has 1 aromatic carbocycles. The Kier molecular flexibility index (Phi) is 7.79. The van der Waals surface area contributed by atoms with E-state index in [1.54, 1.807) is 0 Å². The lowest BCUT2D eigenvalue weighted by molar-refractivity contribution is -0.480. The van der Waals surface area contributed by atoms with Crippen LogP contribution in [0.25, 0.3) is 0 Å². The normalized spacial score (nSPS) is 8.38. The quantitative estimate of drug-likeness (QED) is 0.531. The standard InChI is InChI=1S/C6H6.C4H9NO2/c1-2-4-6-5-3-1;1-2-3-4-5(6)7/h1-6H;2-4H2,1H3. The molecule has 13 heavy (non-hydrogen) atoms. The van der Waals surface area contributed by atoms with Crippen LogP contribution in [0.2, 0.25) is 0 Å². The zero-order chi connectivity index (χ0) is 9.94. The lowest BCUT2D eigenvalue weighted by Crippen LogP contribution is -1.98. The van der Waals surface area contributed by atoms with Gasteiger partial charge in [-0.3, -0.25) is 10.1 Å². The summed E-state index contributed by atoms with van der Waals surface area (Å²) in [5.74, 6) is 0. The molecule has 3 heteroatoms. The number of rotatable bonds is 3. The molecule has 3 nitrogen and oxygen atoms in total. The molecule has 0 aliphatic heterocycles. The number of nitrogens with zero attached hydrogens (tertiary/aromatic N) is 1. The zero-order valence-electron chi connectivity index (χ0n) is 7.85. The Bertz CT molecular complexity index is 185. The van der Waals surface area contributed by atoms with Gasteiger partial charge in [0, 0.05) is 11.3 Å². The fraction of sp³-hybridized carbons (Fsp3) is 0.400. The molecule has 0 N–H and O–H groups in total. The van der Waals surface area contributed by atoms with E-state index < -0.39 is 0 Å². The van der Waals surface area contributed by atoms with Crippen LogP contribution in [0.5, 0.6) is 0 Å². The van der Waals surface area contributed by atoms with Crippen molar-refractivity contribution in [1.29, 1.82) is 0 Å². The SMILES string of the molecule is CCCC[N+](=O)[O-].c1ccccc1. The van der Waals surface area contributed by atoms with Crippen LogP contribution in [0.4, 0.5) is 0 Å². The Morgan fingerprint density at radius 3 is 1.62 bits per heavy atom. The van der Waals surface area contributed by atoms with Gasteiger partial charge in [0.2, 0.25) is 6.54 Å². The first-order valence-corrected chi connectivity index (χ1v) is 4.39. The second kappa shape index (κ2) is 8.71. The molecule has 0 aliphatic carbocycles. The van der Waals surface area contributed by atoms with Crippen molar-refractivity contribution in [2.75, 3.05) is 6.54 Å². The summed E-state index contributed by atoms with van der Waals surface area (Å²) in [5, 5.41) is 9.56. The molecule has 1 rings (SSSR count). The van der Waals surface area contributed by atoms with E-state index in [2.05, 4.69) is 0 Å². The van der Waals surface area contributed by atoms with Crippen molar-refractivity contribution in [2.24, 2.45) is 0 Å². The molecular formula is C10H15NO2. The van der Waals surface area contributed by atoms with Gasteiger partial charge in [-0.05, 0) is 6.42 Å². The third kappa shape index (κ3) is 10.6. The Balaban J connectivity index is 0.000000223. The van der Waals surface area contributed by atoms with Crippen molar-refractivity contribution in [3.05, 3.63) is 46.5 Å². The van der Waals surface area contributed by atoms with Crippen molar-refractivity contribution in [3.8, 4) is 0 Å². The monoisotopic (exact) mass is 181 g/mol. The minimum atomic E-state index is -0.288. The first-order valence-electron chi connectivity index (χ1n) is 4.39. The lowest BCUT2D eigenvalue weighted by Gasteiger charge is -1.84. The average Bonchev–Trinajstić information content (AvgIpc) is 2.18. The van der Waals surface area contributed by atoms with Crippen molar-refractivity contribution in [1.82, 2.24) is 0 Å². The molecule has 1 aromatic rings. The molecule has 0 bridgehead atoms. The maximum atomic E-state index is 9.56. The van der Waals surface area contributed by atoms with Crippen molar-refractivity contribution in [2.45, 2.75) is 19.8 Å². The summed E-state index contributed by atoms with van der Waals surface area (Å²) in [6.45, 7) is 2.06. The summed E-state index contributed by atoms with van der Waals surface area (Å²) in [5.41, 5.74) is 0. The minimum Gasteiger partial charge on any atom is -0.265 e. The van der Waals surface area contributed by atoms with Gasteiger partial charge in [0.05, 0.1) is 0 Å². The Morgan fingerprint density at radius 1 is 1.08 bits per heavy atom. The van der Waals surface area contributed by atoms with Gasteiger partial charge in [-0.15, -0.1) is 0 Å². The second-order valence-corrected chi connectivity index (χ2v) is 2.56. The molecule has 0 fully saturated rings. The molecule has 0 saturated heterocycles. The van der Waals surface area contributed by atoms with Crippen LogP contribution >= 0.6 is 0 Å². The van der Waals surface area contributed by atoms with Crippen LogP contribution in [-0.2, 0) is 0 Å². The van der Waals surface area contributed by atoms with Crippen molar-refractivity contribution < 1.29 is 4.92 Å². The molecular weight excluding hydrogens is 166 g/mol. The molecule has 0 radical (unpaired) electrons. The molecule has 0 aromatic heterocycles. The summed E-state index contributed by atoms with van der Waals surface area (Å²) in [6.07, 6.45) is 1.61. The molecule has 0 spiro atoms. The van der Waals surface area contributed by atoms with Gasteiger partial charge in [-0.25, -0.2) is 0 Å². The van der Waals surface area contributed by atoms with Gasteiger partial charge in [0.25, 0.3) is 0 Å². The Labute approximate surface area is 78.5 Å². The first-order chi connectivity index (χ1) is 6.27. The highest BCUT2D eigenvalue weighted by molar-refractivity contribution is 4.99. The molecule has 0 saturated carbocycles. The van der Waals surface area contributed by atoms with E-state index >= 15 is 0 Å². The maximum Gasteiger partial charge on any atom is 0.203 e. The van der Waals surface area contributed by atoms with Gasteiger partial charge < -0.3 is 0 Å². The first kappa shape index (κ1) is 11.6. The maximum absolute atomic E-state index is 9.56. The Hall–Kier alpha value is -1.38. The van der Waals surface area contributed by atoms with Crippen LogP contribution in [0.15, 0.2) is 36.4 Å². The molecule has 0 atom stereocenters. The molecule has 0 unspecified atom stereocenters. The van der Waals surface area contributed by atoms with E-state index in [0.717, 1.165) is 6.42 Å². The van der Waals surface area contributed by atoms with E-state index in [1.807, 2.05) is 43.3 Å². The van der Waals surface area contributed by atoms with Gasteiger partial charge in [-0.1, -0.05) is 43.3 Å². The van der Waals surface area contributed by atoms with Crippen molar-refractivity contribution in [3.63, 3.8) is 0 Å². The highest BCUT2D eigenvalue weighted by atomic mass is 16.6. The highest BCUT2D eigenvalue weighted by Crippen LogP contribution is 1.84. The number of benzene rings is 1. The number of hydrogen-bond acceptors (Lipinski definition) is 2. The molecule has 0 aliphatic rings. The topological polar surface area (TPSA) is 43.1 Å². The van der Waals surface area contributed by atoms with Crippen LogP contribution < -0.4 is 0 Å². The summed E-state index contributed by atoms with van der Waals surface area (Å²) in [6, 6.07) is 12.0. The number of nitro groups is 1. The van der Waals surface area contributed by atoms with Crippen molar-refractivity contribution >= 4 is 0 Å². The lowest BCUT2D eigenvalue weighted by atomic mass is 10.3. The van der Waals surface area contributed by atoms with Crippen LogP contribution in [0, 0.1) is 10.1 Å². The van der Waals surface area contributed by atoms with Crippen LogP contribution in [0.3, 0.4) is 0 Å². The summed E-state index contributed by atoms with van der Waals surface area (Å²) in [4.78, 5) is 9.28. The Morgan fingerprint density at radius 2 is 1.46 bits per heavy atom. The number of hydrogen-bond donors (Lipinski definition) is 0.